The Bertz CT molecular complexity index is 2060. The van der Waals surface area contributed by atoms with Crippen molar-refractivity contribution in [2.45, 2.75) is 203 Å². The first-order chi connectivity index (χ1) is 34.2. The summed E-state index contributed by atoms with van der Waals surface area (Å²) in [5, 5.41) is 62.6. The summed E-state index contributed by atoms with van der Waals surface area (Å²) in [6.45, 7) is 17.8. The number of methoxy groups -OCH3 is 1. The maximum Gasteiger partial charge on any atom is 0.309 e. The molecule has 5 rings (SSSR count). The van der Waals surface area contributed by atoms with E-state index in [1.807, 2.05) is 84.1 Å². The molecule has 16 nitrogen and oxygen atoms in total. The SMILES string of the molecule is CC[C@H]1OC(=O)[C@H](C)C([C@H]2C[C@@](C)(OC)[C@@H](O)[C@H](C)O2)[C@H](C)[C@@H](O[C@H]2C[C@@H](N(C)CCC(=O)N[C@H](CF)[C@H](O)c3ccc(-c4ccc(SC)nc4)cc3)C[C@@H](C)O2)[C@](C)(O)C[C@@H](C)CN(C)[C@H](C)[C@@H](O)[C@]1(C)O. The van der Waals surface area contributed by atoms with Crippen LogP contribution in [0.15, 0.2) is 47.6 Å². The molecule has 1 aromatic heterocycles. The Labute approximate surface area is 438 Å². The normalized spacial score (nSPS) is 38.5. The molecule has 73 heavy (non-hydrogen) atoms. The number of carbonyl (C=O) groups is 2. The lowest BCUT2D eigenvalue weighted by Gasteiger charge is -2.51. The van der Waals surface area contributed by atoms with Gasteiger partial charge in [0.25, 0.3) is 0 Å². The molecule has 2 aromatic rings. The molecule has 1 aromatic carbocycles. The number of hydrogen-bond donors (Lipinski definition) is 6. The Morgan fingerprint density at radius 2 is 1.66 bits per heavy atom. The van der Waals surface area contributed by atoms with Gasteiger partial charge in [-0.2, -0.15) is 0 Å². The third-order valence-corrected chi connectivity index (χ3v) is 17.2. The lowest BCUT2D eigenvalue weighted by atomic mass is 9.68. The molecule has 19 atom stereocenters. The average Bonchev–Trinajstić information content (AvgIpc) is 3.35. The van der Waals surface area contributed by atoms with E-state index in [1.165, 1.54) is 14.0 Å². The van der Waals surface area contributed by atoms with E-state index >= 15 is 0 Å². The third-order valence-electron chi connectivity index (χ3n) is 16.5. The lowest BCUT2D eigenvalue weighted by Crippen LogP contribution is -2.61. The van der Waals surface area contributed by atoms with Crippen molar-refractivity contribution >= 4 is 23.6 Å². The van der Waals surface area contributed by atoms with Crippen LogP contribution in [-0.2, 0) is 33.3 Å². The van der Waals surface area contributed by atoms with Gasteiger partial charge in [0.1, 0.15) is 36.7 Å². The Balaban J connectivity index is 1.37. The van der Waals surface area contributed by atoms with Gasteiger partial charge in [-0.3, -0.25) is 9.59 Å². The van der Waals surface area contributed by atoms with E-state index < -0.39 is 114 Å². The van der Waals surface area contributed by atoms with Crippen LogP contribution in [0.2, 0.25) is 0 Å². The Morgan fingerprint density at radius 1 is 1.00 bits per heavy atom. The average molecular weight is 1050 g/mol. The Kier molecular flexibility index (Phi) is 21.7. The van der Waals surface area contributed by atoms with Crippen molar-refractivity contribution in [3.8, 4) is 11.1 Å². The van der Waals surface area contributed by atoms with Gasteiger partial charge in [0.2, 0.25) is 5.91 Å². The number of benzene rings is 1. The maximum atomic E-state index is 14.6. The van der Waals surface area contributed by atoms with Gasteiger partial charge >= 0.3 is 5.97 Å². The fourth-order valence-corrected chi connectivity index (χ4v) is 12.2. The van der Waals surface area contributed by atoms with Crippen molar-refractivity contribution in [3.63, 3.8) is 0 Å². The van der Waals surface area contributed by atoms with Gasteiger partial charge in [0.15, 0.2) is 6.29 Å². The van der Waals surface area contributed by atoms with E-state index in [1.54, 1.807) is 57.8 Å². The molecule has 1 amide bonds. The maximum absolute atomic E-state index is 14.6. The number of aliphatic hydroxyl groups excluding tert-OH is 3. The van der Waals surface area contributed by atoms with Crippen LogP contribution in [0, 0.1) is 23.7 Å². The number of rotatable bonds is 15. The summed E-state index contributed by atoms with van der Waals surface area (Å²) in [5.74, 6) is -3.43. The molecular weight excluding hydrogens is 960 g/mol. The van der Waals surface area contributed by atoms with Crippen molar-refractivity contribution in [3.05, 3.63) is 48.2 Å². The Hall–Kier alpha value is -2.85. The predicted molar refractivity (Wildman–Crippen MR) is 279 cm³/mol. The second-order valence-electron chi connectivity index (χ2n) is 22.4. The zero-order valence-corrected chi connectivity index (χ0v) is 46.7. The van der Waals surface area contributed by atoms with E-state index in [9.17, 15) is 39.5 Å². The van der Waals surface area contributed by atoms with Crippen LogP contribution in [0.5, 0.6) is 0 Å². The van der Waals surface area contributed by atoms with Crippen LogP contribution in [0.25, 0.3) is 11.1 Å². The molecule has 414 valence electrons. The molecule has 3 aliphatic heterocycles. The van der Waals surface area contributed by atoms with Crippen LogP contribution in [-0.4, -0.2) is 183 Å². The molecule has 0 aliphatic carbocycles. The minimum absolute atomic E-state index is 0.0319. The standard InChI is InChI=1S/C55H89FN4O12S/c1-15-43-55(10,67)49(63)35(6)60(12)30-31(2)26-53(8,66)51(33(4)47(34(5)52(65)71-43)42-27-54(9,68-13)50(64)36(7)70-42)72-46-25-40(24-32(3)69-46)59(11)23-22-44(61)58-41(28-56)48(62)38-18-16-37(17-19-38)39-20-21-45(73-14)57-29-39/h16-21,29,31-36,40-43,46-51,62-64,66-67H,15,22-28,30H2,1-14H3,(H,58,61)/t31-,32-,33+,34-,35-,36+,40+,41-,42-,43-,46+,47?,48-,49-,50+,51-,53-,54-,55-/m1/s1. The predicted octanol–water partition coefficient (Wildman–Crippen LogP) is 5.94. The summed E-state index contributed by atoms with van der Waals surface area (Å²) in [4.78, 5) is 36.4. The number of aliphatic hydroxyl groups is 5. The van der Waals surface area contributed by atoms with E-state index in [4.69, 9.17) is 23.7 Å². The summed E-state index contributed by atoms with van der Waals surface area (Å²) in [7, 11) is 5.29. The van der Waals surface area contributed by atoms with Gasteiger partial charge in [0, 0.05) is 69.2 Å². The number of alkyl halides is 1. The smallest absolute Gasteiger partial charge is 0.309 e. The first-order valence-electron chi connectivity index (χ1n) is 26.3. The summed E-state index contributed by atoms with van der Waals surface area (Å²) in [5.41, 5.74) is -2.13. The topological polar surface area (TPSA) is 213 Å². The van der Waals surface area contributed by atoms with Gasteiger partial charge in [-0.1, -0.05) is 58.0 Å². The minimum atomic E-state index is -1.82. The number of nitrogens with one attached hydrogen (secondary N) is 1. The number of ether oxygens (including phenoxy) is 5. The molecule has 18 heteroatoms. The fraction of sp³-hybridized carbons (Fsp3) is 0.764. The van der Waals surface area contributed by atoms with E-state index in [0.29, 0.717) is 31.5 Å². The molecule has 6 N–H and O–H groups in total. The van der Waals surface area contributed by atoms with E-state index in [0.717, 1.165) is 16.2 Å². The molecule has 0 spiro atoms. The quantitative estimate of drug-likeness (QED) is 0.0901. The van der Waals surface area contributed by atoms with Gasteiger partial charge < -0.3 is 64.3 Å². The van der Waals surface area contributed by atoms with Gasteiger partial charge in [0.05, 0.1) is 52.6 Å². The van der Waals surface area contributed by atoms with E-state index in [-0.39, 0.29) is 43.7 Å². The second kappa shape index (κ2) is 26.0. The highest BCUT2D eigenvalue weighted by atomic mass is 32.2. The van der Waals surface area contributed by atoms with Crippen molar-refractivity contribution in [2.75, 3.05) is 47.2 Å². The minimum Gasteiger partial charge on any atom is -0.459 e. The highest BCUT2D eigenvalue weighted by molar-refractivity contribution is 7.98. The van der Waals surface area contributed by atoms with Gasteiger partial charge in [-0.15, -0.1) is 11.8 Å². The summed E-state index contributed by atoms with van der Waals surface area (Å²) < 4.78 is 46.8. The molecule has 3 fully saturated rings. The monoisotopic (exact) mass is 1050 g/mol. The van der Waals surface area contributed by atoms with Gasteiger partial charge in [-0.25, -0.2) is 9.37 Å². The Morgan fingerprint density at radius 3 is 2.25 bits per heavy atom. The van der Waals surface area contributed by atoms with Crippen molar-refractivity contribution in [1.29, 1.82) is 0 Å². The van der Waals surface area contributed by atoms with Crippen molar-refractivity contribution in [2.24, 2.45) is 23.7 Å². The number of halogens is 1. The summed E-state index contributed by atoms with van der Waals surface area (Å²) in [6.07, 6.45) is -2.67. The molecule has 0 bridgehead atoms. The molecular formula is C55H89FN4O12S. The number of aromatic nitrogens is 1. The highest BCUT2D eigenvalue weighted by Gasteiger charge is 2.54. The van der Waals surface area contributed by atoms with Crippen LogP contribution in [0.1, 0.15) is 119 Å². The van der Waals surface area contributed by atoms with Crippen LogP contribution >= 0.6 is 11.8 Å². The number of hydrogen-bond acceptors (Lipinski definition) is 16. The number of likely N-dealkylation sites (N-methyl/N-ethyl adjacent to an activating group) is 1. The van der Waals surface area contributed by atoms with Gasteiger partial charge in [-0.05, 0) is 110 Å². The third kappa shape index (κ3) is 14.8. The fourth-order valence-electron chi connectivity index (χ4n) is 11.9. The molecule has 1 unspecified atom stereocenters. The molecule has 0 saturated carbocycles. The number of amides is 1. The van der Waals surface area contributed by atoms with Crippen LogP contribution < -0.4 is 5.32 Å². The zero-order valence-electron chi connectivity index (χ0n) is 45.9. The summed E-state index contributed by atoms with van der Waals surface area (Å²) in [6, 6.07) is 9.18. The van der Waals surface area contributed by atoms with Crippen molar-refractivity contribution in [1.82, 2.24) is 20.1 Å². The first-order valence-corrected chi connectivity index (χ1v) is 27.5. The summed E-state index contributed by atoms with van der Waals surface area (Å²) >= 11 is 1.55. The number of thioether (sulfide) groups is 1. The molecule has 3 saturated heterocycles. The number of pyridine rings is 1. The largest absolute Gasteiger partial charge is 0.459 e. The zero-order chi connectivity index (χ0) is 54.3. The number of carbonyl (C=O) groups excluding carboxylic acids is 2. The molecule has 3 aliphatic rings. The highest BCUT2D eigenvalue weighted by Crippen LogP contribution is 2.45. The number of nitrogens with zero attached hydrogens (tertiary/aromatic N) is 3. The number of esters is 1. The lowest BCUT2D eigenvalue weighted by molar-refractivity contribution is -0.275. The second-order valence-corrected chi connectivity index (χ2v) is 23.2. The molecule has 0 radical (unpaired) electrons. The van der Waals surface area contributed by atoms with Crippen molar-refractivity contribution < 1.29 is 63.2 Å². The van der Waals surface area contributed by atoms with E-state index in [2.05, 4.69) is 15.2 Å². The van der Waals surface area contributed by atoms with Crippen LogP contribution in [0.4, 0.5) is 4.39 Å². The first kappa shape index (κ1) is 61.0. The molecule has 4 heterocycles. The number of cyclic esters (lactones) is 1. The van der Waals surface area contributed by atoms with Crippen LogP contribution in [0.3, 0.4) is 0 Å².